The molecule has 0 aliphatic carbocycles. The molecule has 0 aliphatic rings. The fourth-order valence-corrected chi connectivity index (χ4v) is 2.66. The van der Waals surface area contributed by atoms with Gasteiger partial charge in [-0.2, -0.15) is 10.4 Å². The van der Waals surface area contributed by atoms with Crippen LogP contribution < -0.4 is 4.74 Å². The zero-order valence-corrected chi connectivity index (χ0v) is 14.9. The summed E-state index contributed by atoms with van der Waals surface area (Å²) in [6.07, 6.45) is 1.60. The molecular weight excluding hydrogens is 318 g/mol. The van der Waals surface area contributed by atoms with Gasteiger partial charge in [-0.15, -0.1) is 0 Å². The van der Waals surface area contributed by atoms with Gasteiger partial charge in [-0.05, 0) is 31.0 Å². The Kier molecular flexibility index (Phi) is 5.60. The van der Waals surface area contributed by atoms with Crippen molar-refractivity contribution in [1.82, 2.24) is 9.78 Å². The third kappa shape index (κ3) is 3.41. The van der Waals surface area contributed by atoms with Gasteiger partial charge in [-0.25, -0.2) is 9.48 Å². The first-order valence-corrected chi connectivity index (χ1v) is 7.99. The molecule has 6 heteroatoms. The first-order chi connectivity index (χ1) is 12.0. The molecule has 130 valence electrons. The van der Waals surface area contributed by atoms with Crippen LogP contribution in [0.4, 0.5) is 0 Å². The number of nitriles is 1. The van der Waals surface area contributed by atoms with Crippen molar-refractivity contribution in [1.29, 1.82) is 5.26 Å². The lowest BCUT2D eigenvalue weighted by atomic mass is 10.0. The molecule has 0 radical (unpaired) electrons. The van der Waals surface area contributed by atoms with Crippen LogP contribution in [0.15, 0.2) is 24.8 Å². The second kappa shape index (κ2) is 7.67. The maximum absolute atomic E-state index is 12.3. The molecule has 2 aromatic rings. The summed E-state index contributed by atoms with van der Waals surface area (Å²) in [6, 6.07) is 7.16. The number of ether oxygens (including phenoxy) is 2. The Morgan fingerprint density at radius 1 is 1.48 bits per heavy atom. The van der Waals surface area contributed by atoms with Crippen molar-refractivity contribution < 1.29 is 14.3 Å². The lowest BCUT2D eigenvalue weighted by molar-refractivity contribution is 0.0518. The normalized spacial score (nSPS) is 10.4. The third-order valence-corrected chi connectivity index (χ3v) is 3.72. The Bertz CT molecular complexity index is 844. The first-order valence-electron chi connectivity index (χ1n) is 7.99. The Morgan fingerprint density at radius 2 is 2.20 bits per heavy atom. The molecule has 1 aromatic carbocycles. The number of aromatic nitrogens is 2. The van der Waals surface area contributed by atoms with E-state index in [4.69, 9.17) is 9.47 Å². The minimum atomic E-state index is -0.506. The summed E-state index contributed by atoms with van der Waals surface area (Å²) in [5, 5.41) is 13.7. The molecule has 0 unspecified atom stereocenters. The van der Waals surface area contributed by atoms with Crippen LogP contribution in [0.2, 0.25) is 0 Å². The summed E-state index contributed by atoms with van der Waals surface area (Å²) in [5.41, 5.74) is 2.68. The average Bonchev–Trinajstić information content (AvgIpc) is 3.01. The van der Waals surface area contributed by atoms with E-state index in [2.05, 4.69) is 17.7 Å². The molecule has 2 rings (SSSR count). The molecule has 25 heavy (non-hydrogen) atoms. The minimum Gasteiger partial charge on any atom is -0.494 e. The van der Waals surface area contributed by atoms with Crippen molar-refractivity contribution in [2.75, 3.05) is 13.7 Å². The number of methoxy groups -OCH3 is 1. The summed E-state index contributed by atoms with van der Waals surface area (Å²) in [7, 11) is 1.55. The number of carbonyl (C=O) groups excluding carboxylic acids is 1. The fraction of sp³-hybridized carbons (Fsp3) is 0.316. The van der Waals surface area contributed by atoms with Crippen LogP contribution in [0.3, 0.4) is 0 Å². The summed E-state index contributed by atoms with van der Waals surface area (Å²) < 4.78 is 12.2. The van der Waals surface area contributed by atoms with Gasteiger partial charge in [0.2, 0.25) is 0 Å². The Balaban J connectivity index is 2.80. The van der Waals surface area contributed by atoms with E-state index >= 15 is 0 Å². The van der Waals surface area contributed by atoms with Gasteiger partial charge in [0.05, 0.1) is 31.0 Å². The zero-order valence-electron chi connectivity index (χ0n) is 14.9. The Hall–Kier alpha value is -3.07. The molecule has 0 saturated heterocycles. The van der Waals surface area contributed by atoms with Crippen molar-refractivity contribution in [2.24, 2.45) is 0 Å². The number of rotatable bonds is 6. The van der Waals surface area contributed by atoms with Gasteiger partial charge >= 0.3 is 5.97 Å². The smallest absolute Gasteiger partial charge is 0.359 e. The number of benzene rings is 1. The number of hydrogen-bond donors (Lipinski definition) is 0. The molecule has 0 saturated carbocycles. The lowest BCUT2D eigenvalue weighted by Gasteiger charge is -2.14. The average molecular weight is 339 g/mol. The van der Waals surface area contributed by atoms with Crippen LogP contribution in [0, 0.1) is 11.3 Å². The molecule has 0 N–H and O–H groups in total. The third-order valence-electron chi connectivity index (χ3n) is 3.72. The van der Waals surface area contributed by atoms with Crippen molar-refractivity contribution in [3.05, 3.63) is 47.3 Å². The molecule has 0 atom stereocenters. The van der Waals surface area contributed by atoms with E-state index in [9.17, 15) is 10.1 Å². The van der Waals surface area contributed by atoms with E-state index in [0.717, 1.165) is 5.69 Å². The molecule has 0 aliphatic heterocycles. The molecule has 1 aromatic heterocycles. The minimum absolute atomic E-state index is 0.0547. The van der Waals surface area contributed by atoms with Gasteiger partial charge in [0.15, 0.2) is 5.69 Å². The molecule has 6 nitrogen and oxygen atoms in total. The quantitative estimate of drug-likeness (QED) is 0.750. The molecule has 0 spiro atoms. The summed E-state index contributed by atoms with van der Waals surface area (Å²) in [4.78, 5) is 12.3. The molecule has 0 amide bonds. The molecular formula is C19H21N3O3. The standard InChI is InChI=1S/C19H21N3O3/c1-6-14-17(19(23)25-7-2)21-22(18(14)12(3)4)15-10-13(11-20)8-9-16(15)24-5/h6,8-10,12H,1,7H2,2-5H3. The van der Waals surface area contributed by atoms with E-state index in [1.54, 1.807) is 43.0 Å². The largest absolute Gasteiger partial charge is 0.494 e. The SMILES string of the molecule is C=Cc1c(C(=O)OCC)nn(-c2cc(C#N)ccc2OC)c1C(C)C. The van der Waals surface area contributed by atoms with Crippen molar-refractivity contribution >= 4 is 12.0 Å². The van der Waals surface area contributed by atoms with E-state index < -0.39 is 5.97 Å². The van der Waals surface area contributed by atoms with Crippen molar-refractivity contribution in [3.8, 4) is 17.5 Å². The van der Waals surface area contributed by atoms with Gasteiger partial charge in [-0.3, -0.25) is 0 Å². The number of nitrogens with zero attached hydrogens (tertiary/aromatic N) is 3. The van der Waals surface area contributed by atoms with Gasteiger partial charge in [0.25, 0.3) is 0 Å². The Morgan fingerprint density at radius 3 is 2.72 bits per heavy atom. The number of carbonyl (C=O) groups is 1. The van der Waals surface area contributed by atoms with E-state index in [1.807, 2.05) is 13.8 Å². The summed E-state index contributed by atoms with van der Waals surface area (Å²) in [5.74, 6) is 0.0991. The fourth-order valence-electron chi connectivity index (χ4n) is 2.66. The highest BCUT2D eigenvalue weighted by Gasteiger charge is 2.25. The van der Waals surface area contributed by atoms with Crippen LogP contribution in [-0.2, 0) is 4.74 Å². The molecule has 1 heterocycles. The van der Waals surface area contributed by atoms with Crippen LogP contribution in [-0.4, -0.2) is 29.5 Å². The Labute approximate surface area is 147 Å². The van der Waals surface area contributed by atoms with Crippen LogP contribution in [0.5, 0.6) is 5.75 Å². The van der Waals surface area contributed by atoms with Crippen LogP contribution >= 0.6 is 0 Å². The van der Waals surface area contributed by atoms with Crippen LogP contribution in [0.1, 0.15) is 54.0 Å². The second-order valence-corrected chi connectivity index (χ2v) is 5.64. The summed E-state index contributed by atoms with van der Waals surface area (Å²) in [6.45, 7) is 9.81. The lowest BCUT2D eigenvalue weighted by Crippen LogP contribution is -2.08. The highest BCUT2D eigenvalue weighted by Crippen LogP contribution is 2.31. The number of esters is 1. The molecule has 0 fully saturated rings. The van der Waals surface area contributed by atoms with E-state index in [0.29, 0.717) is 22.6 Å². The predicted molar refractivity (Wildman–Crippen MR) is 95.0 cm³/mol. The van der Waals surface area contributed by atoms with Crippen molar-refractivity contribution in [3.63, 3.8) is 0 Å². The first kappa shape index (κ1) is 18.3. The van der Waals surface area contributed by atoms with Gasteiger partial charge in [0.1, 0.15) is 11.4 Å². The monoisotopic (exact) mass is 339 g/mol. The van der Waals surface area contributed by atoms with Crippen molar-refractivity contribution in [2.45, 2.75) is 26.7 Å². The zero-order chi connectivity index (χ0) is 18.6. The van der Waals surface area contributed by atoms with Crippen LogP contribution in [0.25, 0.3) is 11.8 Å². The van der Waals surface area contributed by atoms with Gasteiger partial charge < -0.3 is 9.47 Å². The van der Waals surface area contributed by atoms with Gasteiger partial charge in [0, 0.05) is 5.56 Å². The second-order valence-electron chi connectivity index (χ2n) is 5.64. The van der Waals surface area contributed by atoms with Gasteiger partial charge in [-0.1, -0.05) is 26.5 Å². The molecule has 0 bridgehead atoms. The van der Waals surface area contributed by atoms with E-state index in [1.165, 1.54) is 0 Å². The topological polar surface area (TPSA) is 77.1 Å². The highest BCUT2D eigenvalue weighted by molar-refractivity contribution is 5.92. The number of hydrogen-bond acceptors (Lipinski definition) is 5. The maximum atomic E-state index is 12.3. The van der Waals surface area contributed by atoms with E-state index in [-0.39, 0.29) is 18.2 Å². The predicted octanol–water partition coefficient (Wildman–Crippen LogP) is 3.70. The maximum Gasteiger partial charge on any atom is 0.359 e. The summed E-state index contributed by atoms with van der Waals surface area (Å²) >= 11 is 0. The highest BCUT2D eigenvalue weighted by atomic mass is 16.5.